The van der Waals surface area contributed by atoms with Crippen LogP contribution >= 0.6 is 23.2 Å². The Morgan fingerprint density at radius 2 is 2.03 bits per heavy atom. The smallest absolute Gasteiger partial charge is 0.243 e. The van der Waals surface area contributed by atoms with Crippen LogP contribution in [0.3, 0.4) is 0 Å². The van der Waals surface area contributed by atoms with Crippen LogP contribution in [0.15, 0.2) is 35.5 Å². The highest BCUT2D eigenvalue weighted by Crippen LogP contribution is 2.25. The maximum atomic E-state index is 14.2. The number of nitrogens with zero attached hydrogens (tertiary/aromatic N) is 1. The zero-order valence-corrected chi connectivity index (χ0v) is 18.0. The van der Waals surface area contributed by atoms with Crippen LogP contribution in [0, 0.1) is 12.7 Å². The lowest BCUT2D eigenvalue weighted by molar-refractivity contribution is -0.126. The van der Waals surface area contributed by atoms with Gasteiger partial charge in [-0.15, -0.1) is 0 Å². The van der Waals surface area contributed by atoms with Crippen molar-refractivity contribution in [1.29, 1.82) is 0 Å². The summed E-state index contributed by atoms with van der Waals surface area (Å²) < 4.78 is 14.2. The predicted octanol–water partition coefficient (Wildman–Crippen LogP) is 4.32. The number of halogens is 3. The quantitative estimate of drug-likeness (QED) is 0.363. The number of rotatable bonds is 8. The topological polar surface area (TPSA) is 72.0 Å². The van der Waals surface area contributed by atoms with Gasteiger partial charge in [0, 0.05) is 23.2 Å². The molecular formula is C20H22Cl2FN3O3. The van der Waals surface area contributed by atoms with E-state index in [9.17, 15) is 9.18 Å². The van der Waals surface area contributed by atoms with Gasteiger partial charge in [0.05, 0.1) is 17.8 Å². The minimum absolute atomic E-state index is 0.0636. The molecule has 0 saturated carbocycles. The number of carbonyl (C=O) groups is 1. The van der Waals surface area contributed by atoms with Crippen LogP contribution in [0.4, 0.5) is 4.39 Å². The van der Waals surface area contributed by atoms with E-state index < -0.39 is 11.9 Å². The normalized spacial score (nSPS) is 12.6. The molecule has 0 aromatic heterocycles. The van der Waals surface area contributed by atoms with Gasteiger partial charge in [-0.1, -0.05) is 46.6 Å². The van der Waals surface area contributed by atoms with Crippen molar-refractivity contribution in [3.8, 4) is 0 Å². The number of oxime groups is 1. The van der Waals surface area contributed by atoms with E-state index >= 15 is 0 Å². The Balaban J connectivity index is 2.29. The Hall–Kier alpha value is -2.19. The van der Waals surface area contributed by atoms with Crippen LogP contribution in [0.25, 0.3) is 0 Å². The fourth-order valence-corrected chi connectivity index (χ4v) is 3.27. The second-order valence-electron chi connectivity index (χ2n) is 6.21. The fraction of sp³-hybridized carbons (Fsp3) is 0.300. The maximum absolute atomic E-state index is 14.2. The molecule has 0 radical (unpaired) electrons. The summed E-state index contributed by atoms with van der Waals surface area (Å²) in [6.07, 6.45) is 0. The molecule has 0 aliphatic rings. The van der Waals surface area contributed by atoms with Crippen molar-refractivity contribution in [2.24, 2.45) is 5.16 Å². The van der Waals surface area contributed by atoms with Gasteiger partial charge in [0.2, 0.25) is 5.91 Å². The number of benzene rings is 2. The molecular weight excluding hydrogens is 420 g/mol. The lowest BCUT2D eigenvalue weighted by Crippen LogP contribution is -2.36. The van der Waals surface area contributed by atoms with Gasteiger partial charge in [-0.2, -0.15) is 5.48 Å². The minimum atomic E-state index is -0.738. The molecule has 2 N–H and O–H groups in total. The summed E-state index contributed by atoms with van der Waals surface area (Å²) >= 11 is 11.8. The number of hydrogen-bond acceptors (Lipinski definition) is 5. The Morgan fingerprint density at radius 3 is 2.69 bits per heavy atom. The van der Waals surface area contributed by atoms with E-state index in [4.69, 9.17) is 32.9 Å². The van der Waals surface area contributed by atoms with Crippen molar-refractivity contribution in [2.45, 2.75) is 26.5 Å². The number of aryl methyl sites for hydroxylation is 1. The third-order valence-electron chi connectivity index (χ3n) is 4.29. The summed E-state index contributed by atoms with van der Waals surface area (Å²) in [4.78, 5) is 22.7. The SMILES string of the molecule is CNC(=O)C(NOC)c1cccc(C)c1CO/N=C(\C)c1cc(Cl)cc(Cl)c1F. The number of amides is 1. The van der Waals surface area contributed by atoms with Crippen molar-refractivity contribution < 1.29 is 18.9 Å². The lowest BCUT2D eigenvalue weighted by Gasteiger charge is -2.20. The van der Waals surface area contributed by atoms with Gasteiger partial charge in [-0.25, -0.2) is 4.39 Å². The first-order valence-electron chi connectivity index (χ1n) is 8.70. The summed E-state index contributed by atoms with van der Waals surface area (Å²) in [5.74, 6) is -0.893. The monoisotopic (exact) mass is 441 g/mol. The predicted molar refractivity (Wildman–Crippen MR) is 112 cm³/mol. The largest absolute Gasteiger partial charge is 0.391 e. The number of hydrogen-bond donors (Lipinski definition) is 2. The molecule has 0 fully saturated rings. The van der Waals surface area contributed by atoms with Crippen LogP contribution in [0.2, 0.25) is 10.0 Å². The molecule has 6 nitrogen and oxygen atoms in total. The lowest BCUT2D eigenvalue weighted by atomic mass is 9.96. The van der Waals surface area contributed by atoms with Gasteiger partial charge >= 0.3 is 0 Å². The van der Waals surface area contributed by atoms with E-state index in [-0.39, 0.29) is 28.8 Å². The molecule has 2 aromatic rings. The highest BCUT2D eigenvalue weighted by molar-refractivity contribution is 6.35. The van der Waals surface area contributed by atoms with Crippen LogP contribution in [0.5, 0.6) is 0 Å². The van der Waals surface area contributed by atoms with Crippen molar-refractivity contribution in [1.82, 2.24) is 10.8 Å². The summed E-state index contributed by atoms with van der Waals surface area (Å²) in [7, 11) is 2.97. The maximum Gasteiger partial charge on any atom is 0.243 e. The Bertz CT molecular complexity index is 922. The van der Waals surface area contributed by atoms with E-state index in [0.29, 0.717) is 10.6 Å². The van der Waals surface area contributed by atoms with Crippen molar-refractivity contribution >= 4 is 34.8 Å². The number of carbonyl (C=O) groups excluding carboxylic acids is 1. The molecule has 0 heterocycles. The second-order valence-corrected chi connectivity index (χ2v) is 7.05. The van der Waals surface area contributed by atoms with E-state index in [1.807, 2.05) is 19.1 Å². The fourth-order valence-electron chi connectivity index (χ4n) is 2.78. The van der Waals surface area contributed by atoms with E-state index in [1.54, 1.807) is 13.0 Å². The Kier molecular flexibility index (Phi) is 8.40. The van der Waals surface area contributed by atoms with Crippen LogP contribution in [0.1, 0.15) is 35.2 Å². The first kappa shape index (κ1) is 23.1. The molecule has 2 aromatic carbocycles. The zero-order valence-electron chi connectivity index (χ0n) is 16.5. The van der Waals surface area contributed by atoms with Gasteiger partial charge in [0.15, 0.2) is 5.82 Å². The molecule has 156 valence electrons. The Labute approximate surface area is 178 Å². The molecule has 1 atom stereocenters. The summed E-state index contributed by atoms with van der Waals surface area (Å²) in [5.41, 5.74) is 5.44. The summed E-state index contributed by atoms with van der Waals surface area (Å²) in [6, 6.07) is 7.52. The standard InChI is InChI=1S/C20H22Cl2FN3O3/c1-11-6-5-7-14(19(26-28-4)20(27)24-3)16(11)10-29-25-12(2)15-8-13(21)9-17(22)18(15)23/h5-9,19,26H,10H2,1-4H3,(H,24,27)/b25-12+. The van der Waals surface area contributed by atoms with Crippen LogP contribution in [-0.4, -0.2) is 25.8 Å². The third-order valence-corrected chi connectivity index (χ3v) is 4.79. The molecule has 0 spiro atoms. The average molecular weight is 442 g/mol. The van der Waals surface area contributed by atoms with Crippen LogP contribution < -0.4 is 10.8 Å². The number of nitrogens with one attached hydrogen (secondary N) is 2. The second kappa shape index (κ2) is 10.5. The Morgan fingerprint density at radius 1 is 1.31 bits per heavy atom. The molecule has 29 heavy (non-hydrogen) atoms. The van der Waals surface area contributed by atoms with Gasteiger partial charge in [-0.05, 0) is 37.1 Å². The molecule has 0 saturated heterocycles. The van der Waals surface area contributed by atoms with Gasteiger partial charge in [0.1, 0.15) is 12.6 Å². The summed E-state index contributed by atoms with van der Waals surface area (Å²) in [5, 5.41) is 6.78. The average Bonchev–Trinajstić information content (AvgIpc) is 2.69. The highest BCUT2D eigenvalue weighted by atomic mass is 35.5. The highest BCUT2D eigenvalue weighted by Gasteiger charge is 2.23. The first-order valence-corrected chi connectivity index (χ1v) is 9.45. The van der Waals surface area contributed by atoms with E-state index in [0.717, 1.165) is 11.1 Å². The summed E-state index contributed by atoms with van der Waals surface area (Å²) in [6.45, 7) is 3.54. The van der Waals surface area contributed by atoms with Crippen molar-refractivity contribution in [3.05, 3.63) is 68.4 Å². The third kappa shape index (κ3) is 5.67. The molecule has 9 heteroatoms. The minimum Gasteiger partial charge on any atom is -0.391 e. The molecule has 2 rings (SSSR count). The molecule has 0 bridgehead atoms. The number of likely N-dealkylation sites (N-methyl/N-ethyl adjacent to an activating group) is 1. The molecule has 1 amide bonds. The molecule has 1 unspecified atom stereocenters. The number of hydroxylamine groups is 1. The van der Waals surface area contributed by atoms with Crippen LogP contribution in [-0.2, 0) is 21.1 Å². The van der Waals surface area contributed by atoms with E-state index in [2.05, 4.69) is 16.0 Å². The molecule has 0 aliphatic heterocycles. The van der Waals surface area contributed by atoms with Gasteiger partial charge in [-0.3, -0.25) is 4.79 Å². The van der Waals surface area contributed by atoms with Gasteiger partial charge < -0.3 is 15.0 Å². The first-order chi connectivity index (χ1) is 13.8. The zero-order chi connectivity index (χ0) is 21.6. The van der Waals surface area contributed by atoms with E-state index in [1.165, 1.54) is 26.3 Å². The molecule has 0 aliphatic carbocycles. The van der Waals surface area contributed by atoms with Crippen molar-refractivity contribution in [2.75, 3.05) is 14.2 Å². The van der Waals surface area contributed by atoms with Gasteiger partial charge in [0.25, 0.3) is 0 Å². The van der Waals surface area contributed by atoms with Crippen molar-refractivity contribution in [3.63, 3.8) is 0 Å².